The predicted octanol–water partition coefficient (Wildman–Crippen LogP) is -2.11. The largest absolute Gasteiger partial charge is 0.480 e. The second kappa shape index (κ2) is 10.9. The van der Waals surface area contributed by atoms with E-state index >= 15 is 0 Å². The number of thioether (sulfide) groups is 1. The maximum atomic E-state index is 11.6. The van der Waals surface area contributed by atoms with Crippen LogP contribution in [0.2, 0.25) is 0 Å². The van der Waals surface area contributed by atoms with E-state index in [1.807, 2.05) is 6.26 Å². The normalized spacial score (nSPS) is 12.9. The highest BCUT2D eigenvalue weighted by Gasteiger charge is 2.19. The van der Waals surface area contributed by atoms with Crippen molar-refractivity contribution in [3.05, 3.63) is 0 Å². The van der Waals surface area contributed by atoms with Gasteiger partial charge in [-0.2, -0.15) is 11.8 Å². The van der Waals surface area contributed by atoms with E-state index in [0.29, 0.717) is 12.2 Å². The van der Waals surface area contributed by atoms with Crippen molar-refractivity contribution in [2.45, 2.75) is 25.4 Å². The van der Waals surface area contributed by atoms with E-state index in [9.17, 15) is 19.2 Å². The standard InChI is InChI=1S/C12H22N4O5S/c1-7(13)11(19)15-5-9(17)14-6-10(18)16-8(12(20)21)3-4-22-2/h7-8H,3-6,13H2,1-2H3,(H,14,17)(H,15,19)(H,16,18)(H,20,21). The van der Waals surface area contributed by atoms with Crippen LogP contribution >= 0.6 is 11.8 Å². The first-order valence-electron chi connectivity index (χ1n) is 6.59. The summed E-state index contributed by atoms with van der Waals surface area (Å²) in [5.41, 5.74) is 5.30. The van der Waals surface area contributed by atoms with Crippen molar-refractivity contribution >= 4 is 35.5 Å². The molecule has 0 radical (unpaired) electrons. The highest BCUT2D eigenvalue weighted by molar-refractivity contribution is 7.98. The van der Waals surface area contributed by atoms with E-state index in [1.54, 1.807) is 0 Å². The Morgan fingerprint density at radius 1 is 1.14 bits per heavy atom. The summed E-state index contributed by atoms with van der Waals surface area (Å²) in [6.07, 6.45) is 2.12. The van der Waals surface area contributed by atoms with Crippen molar-refractivity contribution in [1.82, 2.24) is 16.0 Å². The Morgan fingerprint density at radius 2 is 1.73 bits per heavy atom. The third kappa shape index (κ3) is 9.19. The summed E-state index contributed by atoms with van der Waals surface area (Å²) in [5, 5.41) is 15.8. The number of hydrogen-bond acceptors (Lipinski definition) is 6. The number of carboxylic acid groups (broad SMARTS) is 1. The van der Waals surface area contributed by atoms with Gasteiger partial charge in [-0.25, -0.2) is 4.79 Å². The van der Waals surface area contributed by atoms with Gasteiger partial charge in [0.05, 0.1) is 19.1 Å². The molecule has 0 aromatic heterocycles. The maximum Gasteiger partial charge on any atom is 0.326 e. The number of nitrogens with one attached hydrogen (secondary N) is 3. The number of hydrogen-bond donors (Lipinski definition) is 5. The first kappa shape index (κ1) is 20.2. The van der Waals surface area contributed by atoms with Crippen molar-refractivity contribution in [2.24, 2.45) is 5.73 Å². The van der Waals surface area contributed by atoms with Gasteiger partial charge < -0.3 is 26.8 Å². The van der Waals surface area contributed by atoms with E-state index in [-0.39, 0.29) is 13.1 Å². The average molecular weight is 334 g/mol. The minimum absolute atomic E-state index is 0.292. The summed E-state index contributed by atoms with van der Waals surface area (Å²) in [5.74, 6) is -2.20. The fraction of sp³-hybridized carbons (Fsp3) is 0.667. The van der Waals surface area contributed by atoms with E-state index in [2.05, 4.69) is 16.0 Å². The zero-order valence-electron chi connectivity index (χ0n) is 12.5. The molecule has 0 aromatic carbocycles. The van der Waals surface area contributed by atoms with Crippen molar-refractivity contribution in [1.29, 1.82) is 0 Å². The highest BCUT2D eigenvalue weighted by Crippen LogP contribution is 2.00. The molecule has 2 atom stereocenters. The van der Waals surface area contributed by atoms with Crippen molar-refractivity contribution in [3.63, 3.8) is 0 Å². The minimum atomic E-state index is -1.13. The molecule has 0 aliphatic rings. The Bertz CT molecular complexity index is 416. The molecule has 9 nitrogen and oxygen atoms in total. The lowest BCUT2D eigenvalue weighted by Crippen LogP contribution is -2.48. The summed E-state index contributed by atoms with van der Waals surface area (Å²) in [6, 6.07) is -1.72. The van der Waals surface area contributed by atoms with E-state index in [1.165, 1.54) is 18.7 Å². The lowest BCUT2D eigenvalue weighted by molar-refractivity contribution is -0.141. The molecule has 0 spiro atoms. The van der Waals surface area contributed by atoms with Gasteiger partial charge >= 0.3 is 5.97 Å². The molecular formula is C12H22N4O5S. The van der Waals surface area contributed by atoms with Crippen LogP contribution in [-0.4, -0.2) is 66.0 Å². The maximum absolute atomic E-state index is 11.6. The summed E-state index contributed by atoms with van der Waals surface area (Å²) < 4.78 is 0. The van der Waals surface area contributed by atoms with Gasteiger partial charge in [-0.15, -0.1) is 0 Å². The Balaban J connectivity index is 4.07. The minimum Gasteiger partial charge on any atom is -0.480 e. The molecular weight excluding hydrogens is 312 g/mol. The summed E-state index contributed by atoms with van der Waals surface area (Å²) >= 11 is 1.47. The summed E-state index contributed by atoms with van der Waals surface area (Å²) in [7, 11) is 0. The molecule has 2 unspecified atom stereocenters. The average Bonchev–Trinajstić information content (AvgIpc) is 2.46. The van der Waals surface area contributed by atoms with Gasteiger partial charge in [-0.1, -0.05) is 0 Å². The zero-order valence-corrected chi connectivity index (χ0v) is 13.4. The monoisotopic (exact) mass is 334 g/mol. The number of carbonyl (C=O) groups is 4. The van der Waals surface area contributed by atoms with Crippen LogP contribution in [0, 0.1) is 0 Å². The molecule has 3 amide bonds. The number of aliphatic carboxylic acids is 1. The number of nitrogens with two attached hydrogens (primary N) is 1. The van der Waals surface area contributed by atoms with Gasteiger partial charge in [0.25, 0.3) is 0 Å². The van der Waals surface area contributed by atoms with Crippen LogP contribution in [0.4, 0.5) is 0 Å². The molecule has 0 bridgehead atoms. The van der Waals surface area contributed by atoms with Gasteiger partial charge in [-0.3, -0.25) is 14.4 Å². The number of rotatable bonds is 10. The molecule has 0 heterocycles. The number of carboxylic acids is 1. The van der Waals surface area contributed by atoms with Crippen LogP contribution in [0.25, 0.3) is 0 Å². The second-order valence-electron chi connectivity index (χ2n) is 4.52. The zero-order chi connectivity index (χ0) is 17.1. The fourth-order valence-electron chi connectivity index (χ4n) is 1.31. The smallest absolute Gasteiger partial charge is 0.326 e. The Hall–Kier alpha value is -1.81. The molecule has 0 aromatic rings. The van der Waals surface area contributed by atoms with Crippen LogP contribution < -0.4 is 21.7 Å². The Kier molecular flexibility index (Phi) is 9.96. The van der Waals surface area contributed by atoms with Crippen LogP contribution in [-0.2, 0) is 19.2 Å². The lowest BCUT2D eigenvalue weighted by atomic mass is 10.2. The van der Waals surface area contributed by atoms with Gasteiger partial charge in [0.15, 0.2) is 0 Å². The van der Waals surface area contributed by atoms with E-state index < -0.39 is 35.8 Å². The molecule has 0 rings (SSSR count). The van der Waals surface area contributed by atoms with Gasteiger partial charge in [0.2, 0.25) is 17.7 Å². The molecule has 0 saturated carbocycles. The van der Waals surface area contributed by atoms with Crippen molar-refractivity contribution in [2.75, 3.05) is 25.1 Å². The van der Waals surface area contributed by atoms with Crippen LogP contribution in [0.15, 0.2) is 0 Å². The molecule has 126 valence electrons. The highest BCUT2D eigenvalue weighted by atomic mass is 32.2. The quantitative estimate of drug-likeness (QED) is 0.307. The SMILES string of the molecule is CSCCC(NC(=O)CNC(=O)CNC(=O)C(C)N)C(=O)O. The predicted molar refractivity (Wildman–Crippen MR) is 82.2 cm³/mol. The summed E-state index contributed by atoms with van der Waals surface area (Å²) in [4.78, 5) is 45.1. The number of amides is 3. The van der Waals surface area contributed by atoms with Crippen LogP contribution in [0.1, 0.15) is 13.3 Å². The van der Waals surface area contributed by atoms with Crippen molar-refractivity contribution in [3.8, 4) is 0 Å². The molecule has 0 aliphatic heterocycles. The fourth-order valence-corrected chi connectivity index (χ4v) is 1.78. The molecule has 22 heavy (non-hydrogen) atoms. The third-order valence-electron chi connectivity index (χ3n) is 2.53. The molecule has 0 fully saturated rings. The second-order valence-corrected chi connectivity index (χ2v) is 5.51. The van der Waals surface area contributed by atoms with Gasteiger partial charge in [0.1, 0.15) is 6.04 Å². The first-order chi connectivity index (χ1) is 10.3. The molecule has 10 heteroatoms. The molecule has 0 aliphatic carbocycles. The molecule has 0 saturated heterocycles. The van der Waals surface area contributed by atoms with Crippen molar-refractivity contribution < 1.29 is 24.3 Å². The van der Waals surface area contributed by atoms with Gasteiger partial charge in [0, 0.05) is 0 Å². The van der Waals surface area contributed by atoms with E-state index in [0.717, 1.165) is 0 Å². The van der Waals surface area contributed by atoms with Crippen LogP contribution in [0.3, 0.4) is 0 Å². The Morgan fingerprint density at radius 3 is 2.23 bits per heavy atom. The lowest BCUT2D eigenvalue weighted by Gasteiger charge is -2.14. The Labute approximate surface area is 132 Å². The van der Waals surface area contributed by atoms with Gasteiger partial charge in [-0.05, 0) is 25.4 Å². The first-order valence-corrected chi connectivity index (χ1v) is 7.98. The molecule has 6 N–H and O–H groups in total. The van der Waals surface area contributed by atoms with Crippen LogP contribution in [0.5, 0.6) is 0 Å². The topological polar surface area (TPSA) is 151 Å². The third-order valence-corrected chi connectivity index (χ3v) is 3.17. The van der Waals surface area contributed by atoms with E-state index in [4.69, 9.17) is 10.8 Å². The number of carbonyl (C=O) groups excluding carboxylic acids is 3. The summed E-state index contributed by atoms with van der Waals surface area (Å²) in [6.45, 7) is 0.805.